The molecule has 1 saturated carbocycles. The topological polar surface area (TPSA) is 47.6 Å². The van der Waals surface area contributed by atoms with Crippen molar-refractivity contribution in [2.75, 3.05) is 19.5 Å². The number of benzene rings is 2. The molecule has 24 heavy (non-hydrogen) atoms. The molecular formula is C19H20ClNO3. The molecule has 126 valence electrons. The summed E-state index contributed by atoms with van der Waals surface area (Å²) in [5.41, 5.74) is 2.07. The minimum absolute atomic E-state index is 0.0207. The summed E-state index contributed by atoms with van der Waals surface area (Å²) in [6.07, 6.45) is 1.67. The molecule has 2 aromatic carbocycles. The van der Waals surface area contributed by atoms with E-state index in [1.54, 1.807) is 20.3 Å². The number of hydrogen-bond acceptors (Lipinski definition) is 3. The Kier molecular flexibility index (Phi) is 4.41. The van der Waals surface area contributed by atoms with Crippen LogP contribution in [0.4, 0.5) is 5.69 Å². The fourth-order valence-corrected chi connectivity index (χ4v) is 3.01. The van der Waals surface area contributed by atoms with Crippen molar-refractivity contribution in [3.8, 4) is 11.5 Å². The molecule has 0 aromatic heterocycles. The molecule has 1 aliphatic carbocycles. The van der Waals surface area contributed by atoms with Gasteiger partial charge >= 0.3 is 0 Å². The molecule has 0 spiro atoms. The molecule has 2 aromatic rings. The zero-order valence-corrected chi connectivity index (χ0v) is 14.7. The Morgan fingerprint density at radius 2 is 1.79 bits per heavy atom. The van der Waals surface area contributed by atoms with Crippen LogP contribution in [0.3, 0.4) is 0 Å². The second kappa shape index (κ2) is 6.36. The van der Waals surface area contributed by atoms with E-state index in [0.29, 0.717) is 16.5 Å². The fraction of sp³-hybridized carbons (Fsp3) is 0.316. The number of hydrogen-bond donors (Lipinski definition) is 1. The zero-order chi connectivity index (χ0) is 17.3. The molecule has 0 bridgehead atoms. The third kappa shape index (κ3) is 2.94. The third-order valence-corrected chi connectivity index (χ3v) is 4.96. The van der Waals surface area contributed by atoms with E-state index < -0.39 is 5.41 Å². The highest BCUT2D eigenvalue weighted by Crippen LogP contribution is 2.49. The molecule has 0 radical (unpaired) electrons. The smallest absolute Gasteiger partial charge is 0.235 e. The Labute approximate surface area is 146 Å². The van der Waals surface area contributed by atoms with E-state index in [1.807, 2.05) is 37.3 Å². The first-order valence-corrected chi connectivity index (χ1v) is 8.18. The molecule has 0 heterocycles. The summed E-state index contributed by atoms with van der Waals surface area (Å²) in [5.74, 6) is 1.32. The molecule has 0 aliphatic heterocycles. The van der Waals surface area contributed by atoms with Crippen LogP contribution in [-0.4, -0.2) is 20.1 Å². The number of aryl methyl sites for hydroxylation is 1. The lowest BCUT2D eigenvalue weighted by Crippen LogP contribution is -2.28. The van der Waals surface area contributed by atoms with Gasteiger partial charge in [-0.25, -0.2) is 0 Å². The maximum absolute atomic E-state index is 12.9. The van der Waals surface area contributed by atoms with Gasteiger partial charge in [-0.05, 0) is 49.1 Å². The van der Waals surface area contributed by atoms with Crippen LogP contribution in [0.25, 0.3) is 0 Å². The Morgan fingerprint density at radius 3 is 2.33 bits per heavy atom. The third-order valence-electron chi connectivity index (χ3n) is 4.56. The van der Waals surface area contributed by atoms with Gasteiger partial charge in [-0.15, -0.1) is 0 Å². The zero-order valence-electron chi connectivity index (χ0n) is 14.0. The summed E-state index contributed by atoms with van der Waals surface area (Å²) in [6, 6.07) is 11.2. The number of halogens is 1. The van der Waals surface area contributed by atoms with Gasteiger partial charge < -0.3 is 14.8 Å². The van der Waals surface area contributed by atoms with Crippen molar-refractivity contribution in [3.05, 3.63) is 52.5 Å². The maximum atomic E-state index is 12.9. The summed E-state index contributed by atoms with van der Waals surface area (Å²) in [5, 5.41) is 3.62. The lowest BCUT2D eigenvalue weighted by atomic mass is 9.94. The average molecular weight is 346 g/mol. The fourth-order valence-electron chi connectivity index (χ4n) is 2.85. The Bertz CT molecular complexity index is 767. The van der Waals surface area contributed by atoms with Crippen molar-refractivity contribution in [1.29, 1.82) is 0 Å². The highest BCUT2D eigenvalue weighted by Gasteiger charge is 2.51. The molecule has 5 heteroatoms. The van der Waals surface area contributed by atoms with E-state index in [0.717, 1.165) is 29.7 Å². The minimum atomic E-state index is -0.467. The molecule has 1 fully saturated rings. The van der Waals surface area contributed by atoms with Gasteiger partial charge in [0.2, 0.25) is 5.91 Å². The molecule has 1 N–H and O–H groups in total. The molecule has 1 amide bonds. The number of carbonyl (C=O) groups is 1. The molecule has 4 nitrogen and oxygen atoms in total. The van der Waals surface area contributed by atoms with E-state index in [9.17, 15) is 4.79 Å². The number of anilines is 1. The maximum Gasteiger partial charge on any atom is 0.235 e. The van der Waals surface area contributed by atoms with Crippen LogP contribution < -0.4 is 14.8 Å². The van der Waals surface area contributed by atoms with Crippen LogP contribution in [0.15, 0.2) is 36.4 Å². The lowest BCUT2D eigenvalue weighted by molar-refractivity contribution is -0.118. The number of methoxy groups -OCH3 is 2. The monoisotopic (exact) mass is 345 g/mol. The summed E-state index contributed by atoms with van der Waals surface area (Å²) in [4.78, 5) is 12.9. The number of ether oxygens (including phenoxy) is 2. The van der Waals surface area contributed by atoms with Crippen LogP contribution in [0.5, 0.6) is 11.5 Å². The van der Waals surface area contributed by atoms with E-state index in [1.165, 1.54) is 0 Å². The summed E-state index contributed by atoms with van der Waals surface area (Å²) in [6.45, 7) is 1.90. The highest BCUT2D eigenvalue weighted by molar-refractivity contribution is 6.31. The molecule has 1 aliphatic rings. The van der Waals surface area contributed by atoms with Crippen LogP contribution in [0.1, 0.15) is 24.0 Å². The average Bonchev–Trinajstić information content (AvgIpc) is 3.40. The minimum Gasteiger partial charge on any atom is -0.497 e. The molecular weight excluding hydrogens is 326 g/mol. The Hall–Kier alpha value is -2.20. The number of carbonyl (C=O) groups excluding carboxylic acids is 1. The van der Waals surface area contributed by atoms with Crippen LogP contribution >= 0.6 is 11.6 Å². The quantitative estimate of drug-likeness (QED) is 0.877. The van der Waals surface area contributed by atoms with Gasteiger partial charge in [0.05, 0.1) is 25.3 Å². The first-order chi connectivity index (χ1) is 11.5. The predicted octanol–water partition coefficient (Wildman–Crippen LogP) is 4.34. The van der Waals surface area contributed by atoms with Crippen LogP contribution in [-0.2, 0) is 10.2 Å². The lowest BCUT2D eigenvalue weighted by Gasteiger charge is -2.18. The van der Waals surface area contributed by atoms with Crippen molar-refractivity contribution < 1.29 is 14.3 Å². The van der Waals surface area contributed by atoms with Crippen molar-refractivity contribution in [1.82, 2.24) is 0 Å². The SMILES string of the molecule is COc1ccc(C2(C(=O)Nc3cc(C)c(Cl)cc3OC)CC2)cc1. The van der Waals surface area contributed by atoms with Crippen molar-refractivity contribution in [2.45, 2.75) is 25.2 Å². The molecule has 0 unspecified atom stereocenters. The van der Waals surface area contributed by atoms with Gasteiger partial charge in [0.15, 0.2) is 0 Å². The summed E-state index contributed by atoms with van der Waals surface area (Å²) < 4.78 is 10.5. The first kappa shape index (κ1) is 16.7. The van der Waals surface area contributed by atoms with Gasteiger partial charge in [-0.1, -0.05) is 23.7 Å². The number of rotatable bonds is 5. The van der Waals surface area contributed by atoms with Gasteiger partial charge in [-0.3, -0.25) is 4.79 Å². The van der Waals surface area contributed by atoms with E-state index in [2.05, 4.69) is 5.32 Å². The van der Waals surface area contributed by atoms with E-state index >= 15 is 0 Å². The van der Waals surface area contributed by atoms with Crippen molar-refractivity contribution in [2.24, 2.45) is 0 Å². The summed E-state index contributed by atoms with van der Waals surface area (Å²) >= 11 is 6.12. The second-order valence-corrected chi connectivity index (χ2v) is 6.47. The molecule has 0 saturated heterocycles. The van der Waals surface area contributed by atoms with Gasteiger partial charge in [-0.2, -0.15) is 0 Å². The summed E-state index contributed by atoms with van der Waals surface area (Å²) in [7, 11) is 3.19. The van der Waals surface area contributed by atoms with Crippen LogP contribution in [0.2, 0.25) is 5.02 Å². The Morgan fingerprint density at radius 1 is 1.12 bits per heavy atom. The Balaban J connectivity index is 1.85. The van der Waals surface area contributed by atoms with Gasteiger partial charge in [0.25, 0.3) is 0 Å². The first-order valence-electron chi connectivity index (χ1n) is 7.80. The largest absolute Gasteiger partial charge is 0.497 e. The van der Waals surface area contributed by atoms with E-state index in [4.69, 9.17) is 21.1 Å². The molecule has 3 rings (SSSR count). The van der Waals surface area contributed by atoms with E-state index in [-0.39, 0.29) is 5.91 Å². The highest BCUT2D eigenvalue weighted by atomic mass is 35.5. The second-order valence-electron chi connectivity index (χ2n) is 6.07. The normalized spacial score (nSPS) is 14.8. The van der Waals surface area contributed by atoms with Gasteiger partial charge in [0.1, 0.15) is 11.5 Å². The predicted molar refractivity (Wildman–Crippen MR) is 95.3 cm³/mol. The van der Waals surface area contributed by atoms with Gasteiger partial charge in [0, 0.05) is 11.1 Å². The number of nitrogens with one attached hydrogen (secondary N) is 1. The van der Waals surface area contributed by atoms with Crippen molar-refractivity contribution in [3.63, 3.8) is 0 Å². The van der Waals surface area contributed by atoms with Crippen LogP contribution in [0, 0.1) is 6.92 Å². The molecule has 0 atom stereocenters. The number of amides is 1. The standard InChI is InChI=1S/C19H20ClNO3/c1-12-10-16(17(24-3)11-15(12)20)21-18(22)19(8-9-19)13-4-6-14(23-2)7-5-13/h4-7,10-11H,8-9H2,1-3H3,(H,21,22). The van der Waals surface area contributed by atoms with Crippen molar-refractivity contribution >= 4 is 23.2 Å².